The molecule has 0 radical (unpaired) electrons. The highest BCUT2D eigenvalue weighted by molar-refractivity contribution is 5.79. The number of carboxylic acid groups (broad SMARTS) is 1. The zero-order valence-electron chi connectivity index (χ0n) is 11.6. The number of hydrogen-bond acceptors (Lipinski definition) is 4. The van der Waals surface area contributed by atoms with Crippen molar-refractivity contribution in [2.24, 2.45) is 5.92 Å². The average molecular weight is 273 g/mol. The number of amides is 1. The van der Waals surface area contributed by atoms with E-state index in [1.165, 1.54) is 0 Å². The van der Waals surface area contributed by atoms with Crippen molar-refractivity contribution in [3.05, 3.63) is 0 Å². The number of ether oxygens (including phenoxy) is 1. The summed E-state index contributed by atoms with van der Waals surface area (Å²) in [7, 11) is 0. The van der Waals surface area contributed by atoms with E-state index < -0.39 is 11.6 Å². The van der Waals surface area contributed by atoms with Crippen LogP contribution in [0.4, 0.5) is 0 Å². The summed E-state index contributed by atoms with van der Waals surface area (Å²) in [6.45, 7) is 5.67. The van der Waals surface area contributed by atoms with Gasteiger partial charge in [0.15, 0.2) is 5.60 Å². The standard InChI is InChI=1S/C13H23NO5/c1-10(2)9-19-8-3-11(15)14-6-4-13(18,5-7-14)12(16)17/h10,18H,3-9H2,1-2H3,(H,16,17). The first-order valence-corrected chi connectivity index (χ1v) is 6.66. The second-order valence-electron chi connectivity index (χ2n) is 5.44. The van der Waals surface area contributed by atoms with E-state index in [1.54, 1.807) is 4.90 Å². The molecule has 1 rings (SSSR count). The van der Waals surface area contributed by atoms with Crippen molar-refractivity contribution in [2.75, 3.05) is 26.3 Å². The van der Waals surface area contributed by atoms with Crippen molar-refractivity contribution in [3.63, 3.8) is 0 Å². The molecule has 1 fully saturated rings. The van der Waals surface area contributed by atoms with Crippen molar-refractivity contribution in [3.8, 4) is 0 Å². The predicted molar refractivity (Wildman–Crippen MR) is 68.7 cm³/mol. The average Bonchev–Trinajstić information content (AvgIpc) is 2.35. The molecule has 1 saturated heterocycles. The lowest BCUT2D eigenvalue weighted by atomic mass is 9.91. The summed E-state index contributed by atoms with van der Waals surface area (Å²) >= 11 is 0. The Morgan fingerprint density at radius 1 is 1.32 bits per heavy atom. The van der Waals surface area contributed by atoms with Gasteiger partial charge >= 0.3 is 5.97 Å². The monoisotopic (exact) mass is 273 g/mol. The number of piperidine rings is 1. The summed E-state index contributed by atoms with van der Waals surface area (Å²) in [4.78, 5) is 24.3. The normalized spacial score (nSPS) is 18.6. The van der Waals surface area contributed by atoms with E-state index in [1.807, 2.05) is 13.8 Å². The first kappa shape index (κ1) is 15.9. The molecule has 1 aliphatic rings. The van der Waals surface area contributed by atoms with Crippen LogP contribution in [0.2, 0.25) is 0 Å². The molecule has 0 saturated carbocycles. The van der Waals surface area contributed by atoms with Crippen LogP contribution in [-0.2, 0) is 14.3 Å². The number of carbonyl (C=O) groups excluding carboxylic acids is 1. The number of aliphatic hydroxyl groups is 1. The largest absolute Gasteiger partial charge is 0.479 e. The fourth-order valence-corrected chi connectivity index (χ4v) is 1.98. The maximum Gasteiger partial charge on any atom is 0.335 e. The molecule has 0 aromatic heterocycles. The van der Waals surface area contributed by atoms with Gasteiger partial charge in [0.05, 0.1) is 13.0 Å². The van der Waals surface area contributed by atoms with Gasteiger partial charge in [0.2, 0.25) is 5.91 Å². The Labute approximate surface area is 113 Å². The van der Waals surface area contributed by atoms with Crippen LogP contribution in [0.1, 0.15) is 33.1 Å². The molecule has 6 heteroatoms. The van der Waals surface area contributed by atoms with Crippen LogP contribution in [0, 0.1) is 5.92 Å². The van der Waals surface area contributed by atoms with Gasteiger partial charge in [-0.3, -0.25) is 4.79 Å². The smallest absolute Gasteiger partial charge is 0.335 e. The van der Waals surface area contributed by atoms with E-state index in [-0.39, 0.29) is 31.8 Å². The number of carbonyl (C=O) groups is 2. The number of likely N-dealkylation sites (tertiary alicyclic amines) is 1. The number of rotatable bonds is 6. The van der Waals surface area contributed by atoms with Gasteiger partial charge in [0.25, 0.3) is 0 Å². The van der Waals surface area contributed by atoms with E-state index in [4.69, 9.17) is 9.84 Å². The Morgan fingerprint density at radius 3 is 2.37 bits per heavy atom. The third-order valence-electron chi connectivity index (χ3n) is 3.25. The lowest BCUT2D eigenvalue weighted by molar-refractivity contribution is -0.165. The minimum absolute atomic E-state index is 0.0452. The fraction of sp³-hybridized carbons (Fsp3) is 0.846. The molecule has 0 aromatic carbocycles. The van der Waals surface area contributed by atoms with Crippen LogP contribution >= 0.6 is 0 Å². The molecule has 0 unspecified atom stereocenters. The second-order valence-corrected chi connectivity index (χ2v) is 5.44. The topological polar surface area (TPSA) is 87.1 Å². The van der Waals surface area contributed by atoms with E-state index in [0.29, 0.717) is 25.6 Å². The van der Waals surface area contributed by atoms with Crippen molar-refractivity contribution in [1.29, 1.82) is 0 Å². The van der Waals surface area contributed by atoms with E-state index in [0.717, 1.165) is 0 Å². The Hall–Kier alpha value is -1.14. The number of carboxylic acids is 1. The maximum absolute atomic E-state index is 11.8. The van der Waals surface area contributed by atoms with Gasteiger partial charge in [-0.15, -0.1) is 0 Å². The molecule has 0 aliphatic carbocycles. The van der Waals surface area contributed by atoms with E-state index in [2.05, 4.69) is 0 Å². The quantitative estimate of drug-likeness (QED) is 0.688. The van der Waals surface area contributed by atoms with Crippen LogP contribution in [0.3, 0.4) is 0 Å². The van der Waals surface area contributed by atoms with Gasteiger partial charge in [-0.25, -0.2) is 4.79 Å². The first-order chi connectivity index (χ1) is 8.85. The summed E-state index contributed by atoms with van der Waals surface area (Å²) in [6, 6.07) is 0. The van der Waals surface area contributed by atoms with Gasteiger partial charge in [0, 0.05) is 32.5 Å². The van der Waals surface area contributed by atoms with Crippen molar-refractivity contribution in [2.45, 2.75) is 38.7 Å². The highest BCUT2D eigenvalue weighted by Crippen LogP contribution is 2.22. The summed E-state index contributed by atoms with van der Waals surface area (Å²) < 4.78 is 5.34. The summed E-state index contributed by atoms with van der Waals surface area (Å²) in [6.07, 6.45) is 0.472. The number of aliphatic carboxylic acids is 1. The molecular formula is C13H23NO5. The lowest BCUT2D eigenvalue weighted by Crippen LogP contribution is -2.50. The fourth-order valence-electron chi connectivity index (χ4n) is 1.98. The molecule has 6 nitrogen and oxygen atoms in total. The van der Waals surface area contributed by atoms with E-state index >= 15 is 0 Å². The van der Waals surface area contributed by atoms with Crippen LogP contribution in [0.5, 0.6) is 0 Å². The first-order valence-electron chi connectivity index (χ1n) is 6.66. The summed E-state index contributed by atoms with van der Waals surface area (Å²) in [5.41, 5.74) is -1.68. The van der Waals surface area contributed by atoms with Gasteiger partial charge in [0.1, 0.15) is 0 Å². The van der Waals surface area contributed by atoms with Crippen LogP contribution in [-0.4, -0.2) is 58.9 Å². The Bertz CT molecular complexity index is 321. The molecule has 0 spiro atoms. The van der Waals surface area contributed by atoms with Gasteiger partial charge in [-0.1, -0.05) is 13.8 Å². The Balaban J connectivity index is 2.27. The summed E-state index contributed by atoms with van der Waals surface area (Å²) in [5, 5.41) is 18.6. The molecule has 1 heterocycles. The van der Waals surface area contributed by atoms with Crippen LogP contribution < -0.4 is 0 Å². The van der Waals surface area contributed by atoms with Gasteiger partial charge < -0.3 is 19.8 Å². The SMILES string of the molecule is CC(C)COCCC(=O)N1CCC(O)(C(=O)O)CC1. The molecule has 19 heavy (non-hydrogen) atoms. The third kappa shape index (κ3) is 4.80. The molecule has 1 amide bonds. The minimum atomic E-state index is -1.68. The molecule has 1 aliphatic heterocycles. The molecular weight excluding hydrogens is 250 g/mol. The second kappa shape index (κ2) is 6.86. The highest BCUT2D eigenvalue weighted by atomic mass is 16.5. The van der Waals surface area contributed by atoms with Crippen molar-refractivity contribution < 1.29 is 24.5 Å². The summed E-state index contributed by atoms with van der Waals surface area (Å²) in [5.74, 6) is -0.813. The highest BCUT2D eigenvalue weighted by Gasteiger charge is 2.40. The molecule has 0 aromatic rings. The third-order valence-corrected chi connectivity index (χ3v) is 3.25. The molecule has 0 bridgehead atoms. The van der Waals surface area contributed by atoms with Gasteiger partial charge in [-0.2, -0.15) is 0 Å². The molecule has 110 valence electrons. The predicted octanol–water partition coefficient (Wildman–Crippen LogP) is 0.487. The lowest BCUT2D eigenvalue weighted by Gasteiger charge is -2.35. The van der Waals surface area contributed by atoms with Crippen LogP contribution in [0.15, 0.2) is 0 Å². The van der Waals surface area contributed by atoms with Crippen LogP contribution in [0.25, 0.3) is 0 Å². The zero-order chi connectivity index (χ0) is 14.5. The van der Waals surface area contributed by atoms with Crippen molar-refractivity contribution in [1.82, 2.24) is 4.90 Å². The van der Waals surface area contributed by atoms with E-state index in [9.17, 15) is 14.7 Å². The Kier molecular flexibility index (Phi) is 5.75. The number of nitrogens with zero attached hydrogens (tertiary/aromatic N) is 1. The van der Waals surface area contributed by atoms with Crippen molar-refractivity contribution >= 4 is 11.9 Å². The maximum atomic E-state index is 11.8. The molecule has 0 atom stereocenters. The molecule has 2 N–H and O–H groups in total. The Morgan fingerprint density at radius 2 is 1.89 bits per heavy atom. The number of hydrogen-bond donors (Lipinski definition) is 2. The van der Waals surface area contributed by atoms with Gasteiger partial charge in [-0.05, 0) is 5.92 Å². The zero-order valence-corrected chi connectivity index (χ0v) is 11.6. The minimum Gasteiger partial charge on any atom is -0.479 e.